The second-order valence-electron chi connectivity index (χ2n) is 10.1. The van der Waals surface area contributed by atoms with Crippen molar-refractivity contribution in [1.82, 2.24) is 4.90 Å². The number of carbonyl (C=O) groups excluding carboxylic acids is 1. The smallest absolute Gasteiger partial charge is 0.238 e. The van der Waals surface area contributed by atoms with Gasteiger partial charge < -0.3 is 14.7 Å². The Hall–Kier alpha value is -2.40. The molecule has 0 radical (unpaired) electrons. The van der Waals surface area contributed by atoms with Crippen molar-refractivity contribution in [3.63, 3.8) is 0 Å². The number of phenols is 1. The Morgan fingerprint density at radius 3 is 2.06 bits per heavy atom. The molecular weight excluding hydrogens is 406 g/mol. The maximum Gasteiger partial charge on any atom is 0.238 e. The molecule has 0 aromatic heterocycles. The summed E-state index contributed by atoms with van der Waals surface area (Å²) < 4.78 is 5.23. The van der Waals surface area contributed by atoms with E-state index in [0.29, 0.717) is 18.0 Å². The van der Waals surface area contributed by atoms with Gasteiger partial charge in [-0.05, 0) is 52.3 Å². The van der Waals surface area contributed by atoms with Crippen molar-refractivity contribution in [2.75, 3.05) is 12.9 Å². The summed E-state index contributed by atoms with van der Waals surface area (Å²) in [7, 11) is 1.64. The second kappa shape index (κ2) is 8.62. The molecule has 1 fully saturated rings. The highest BCUT2D eigenvalue weighted by Crippen LogP contribution is 2.41. The van der Waals surface area contributed by atoms with Gasteiger partial charge in [0.2, 0.25) is 5.91 Å². The first-order chi connectivity index (χ1) is 14.4. The van der Waals surface area contributed by atoms with Crippen LogP contribution < -0.4 is 4.74 Å². The van der Waals surface area contributed by atoms with Crippen molar-refractivity contribution in [3.8, 4) is 11.5 Å². The summed E-state index contributed by atoms with van der Waals surface area (Å²) in [6.07, 6.45) is 2.07. The van der Waals surface area contributed by atoms with Crippen molar-refractivity contribution in [2.24, 2.45) is 0 Å². The molecule has 166 valence electrons. The lowest BCUT2D eigenvalue weighted by molar-refractivity contribution is -0.125. The molecule has 1 saturated heterocycles. The largest absolute Gasteiger partial charge is 0.507 e. The molecule has 0 aliphatic carbocycles. The van der Waals surface area contributed by atoms with Crippen LogP contribution in [-0.2, 0) is 22.2 Å². The van der Waals surface area contributed by atoms with Crippen molar-refractivity contribution in [3.05, 3.63) is 63.7 Å². The van der Waals surface area contributed by atoms with Gasteiger partial charge in [-0.25, -0.2) is 0 Å². The average Bonchev–Trinajstić information content (AvgIpc) is 3.01. The van der Waals surface area contributed by atoms with Gasteiger partial charge in [0.15, 0.2) is 0 Å². The van der Waals surface area contributed by atoms with E-state index in [-0.39, 0.29) is 16.7 Å². The van der Waals surface area contributed by atoms with Gasteiger partial charge in [0, 0.05) is 11.1 Å². The Morgan fingerprint density at radius 1 is 1.03 bits per heavy atom. The van der Waals surface area contributed by atoms with E-state index in [1.165, 1.54) is 0 Å². The maximum absolute atomic E-state index is 12.6. The number of phenolic OH excluding ortho intramolecular Hbond substituents is 1. The molecule has 4 nitrogen and oxygen atoms in total. The lowest BCUT2D eigenvalue weighted by Gasteiger charge is -2.28. The summed E-state index contributed by atoms with van der Waals surface area (Å²) in [6, 6.07) is 11.9. The first kappa shape index (κ1) is 23.3. The zero-order valence-corrected chi connectivity index (χ0v) is 20.4. The molecule has 5 heteroatoms. The topological polar surface area (TPSA) is 49.8 Å². The van der Waals surface area contributed by atoms with Crippen LogP contribution in [0.5, 0.6) is 11.5 Å². The summed E-state index contributed by atoms with van der Waals surface area (Å²) in [5.74, 6) is 1.72. The van der Waals surface area contributed by atoms with Gasteiger partial charge in [-0.3, -0.25) is 4.79 Å². The summed E-state index contributed by atoms with van der Waals surface area (Å²) in [4.78, 5) is 14.4. The van der Waals surface area contributed by atoms with Crippen molar-refractivity contribution in [1.29, 1.82) is 0 Å². The van der Waals surface area contributed by atoms with E-state index in [2.05, 4.69) is 47.6 Å². The van der Waals surface area contributed by atoms with Crippen LogP contribution in [0.2, 0.25) is 0 Å². The molecule has 31 heavy (non-hydrogen) atoms. The van der Waals surface area contributed by atoms with Crippen LogP contribution in [0.1, 0.15) is 63.8 Å². The lowest BCUT2D eigenvalue weighted by atomic mass is 9.78. The first-order valence-corrected chi connectivity index (χ1v) is 11.5. The number of methoxy groups -OCH3 is 1. The molecule has 0 unspecified atom stereocenters. The Kier molecular flexibility index (Phi) is 6.47. The molecule has 2 aromatic carbocycles. The molecule has 0 bridgehead atoms. The van der Waals surface area contributed by atoms with Gasteiger partial charge in [-0.15, -0.1) is 0 Å². The molecule has 1 heterocycles. The number of thioether (sulfide) groups is 1. The Labute approximate surface area is 190 Å². The fraction of sp³-hybridized carbons (Fsp3) is 0.423. The number of amides is 1. The fourth-order valence-corrected chi connectivity index (χ4v) is 4.61. The lowest BCUT2D eigenvalue weighted by Crippen LogP contribution is -2.24. The van der Waals surface area contributed by atoms with Crippen molar-refractivity contribution in [2.45, 2.75) is 58.9 Å². The van der Waals surface area contributed by atoms with Crippen LogP contribution in [0.3, 0.4) is 0 Å². The van der Waals surface area contributed by atoms with E-state index in [9.17, 15) is 9.90 Å². The van der Waals surface area contributed by atoms with E-state index in [1.54, 1.807) is 18.9 Å². The van der Waals surface area contributed by atoms with Gasteiger partial charge in [0.05, 0.1) is 24.4 Å². The van der Waals surface area contributed by atoms with E-state index >= 15 is 0 Å². The number of ether oxygens (including phenoxy) is 1. The zero-order chi connectivity index (χ0) is 23.0. The maximum atomic E-state index is 12.6. The molecule has 2 aromatic rings. The van der Waals surface area contributed by atoms with Gasteiger partial charge in [0.25, 0.3) is 0 Å². The molecule has 1 amide bonds. The van der Waals surface area contributed by atoms with Crippen LogP contribution >= 0.6 is 11.8 Å². The number of aromatic hydroxyl groups is 1. The molecule has 1 N–H and O–H groups in total. The summed E-state index contributed by atoms with van der Waals surface area (Å²) >= 11 is 1.56. The fourth-order valence-electron chi connectivity index (χ4n) is 3.64. The van der Waals surface area contributed by atoms with Crippen molar-refractivity contribution >= 4 is 23.7 Å². The molecule has 1 aliphatic rings. The van der Waals surface area contributed by atoms with Crippen LogP contribution in [0.15, 0.2) is 41.4 Å². The highest BCUT2D eigenvalue weighted by molar-refractivity contribution is 8.04. The molecule has 0 saturated carbocycles. The predicted octanol–water partition coefficient (Wildman–Crippen LogP) is 6.07. The zero-order valence-electron chi connectivity index (χ0n) is 19.6. The minimum atomic E-state index is -0.194. The second-order valence-corrected chi connectivity index (χ2v) is 11.1. The number of carbonyl (C=O) groups is 1. The van der Waals surface area contributed by atoms with Crippen LogP contribution in [0.4, 0.5) is 0 Å². The molecular formula is C26H33NO3S. The SMILES string of the molecule is COc1ccc(CN2C(=O)CSC2=Cc2cc(C(C)(C)C)c(O)c(C(C)(C)C)c2)cc1. The summed E-state index contributed by atoms with van der Waals surface area (Å²) in [5.41, 5.74) is 3.51. The van der Waals surface area contributed by atoms with Gasteiger partial charge in [-0.1, -0.05) is 65.4 Å². The molecule has 0 atom stereocenters. The third-order valence-corrected chi connectivity index (χ3v) is 6.47. The number of hydrogen-bond donors (Lipinski definition) is 1. The molecule has 3 rings (SSSR count). The normalized spacial score (nSPS) is 16.3. The van der Waals surface area contributed by atoms with E-state index < -0.39 is 0 Å². The predicted molar refractivity (Wildman–Crippen MR) is 129 cm³/mol. The molecule has 0 spiro atoms. The summed E-state index contributed by atoms with van der Waals surface area (Å²) in [6.45, 7) is 13.2. The summed E-state index contributed by atoms with van der Waals surface area (Å²) in [5, 5.41) is 11.9. The standard InChI is InChI=1S/C26H33NO3S/c1-25(2,3)20-12-18(13-21(24(20)29)26(4,5)6)14-23-27(22(28)16-31-23)15-17-8-10-19(30-7)11-9-17/h8-14,29H,15-16H2,1-7H3. The van der Waals surface area contributed by atoms with Gasteiger partial charge >= 0.3 is 0 Å². The Morgan fingerprint density at radius 2 is 1.58 bits per heavy atom. The monoisotopic (exact) mass is 439 g/mol. The van der Waals surface area contributed by atoms with E-state index in [0.717, 1.165) is 33.0 Å². The van der Waals surface area contributed by atoms with Gasteiger partial charge in [0.1, 0.15) is 11.5 Å². The number of rotatable bonds is 4. The van der Waals surface area contributed by atoms with Gasteiger partial charge in [-0.2, -0.15) is 0 Å². The number of benzene rings is 2. The first-order valence-electron chi connectivity index (χ1n) is 10.6. The minimum Gasteiger partial charge on any atom is -0.507 e. The quantitative estimate of drug-likeness (QED) is 0.628. The van der Waals surface area contributed by atoms with E-state index in [4.69, 9.17) is 4.74 Å². The van der Waals surface area contributed by atoms with E-state index in [1.807, 2.05) is 41.3 Å². The van der Waals surface area contributed by atoms with Crippen molar-refractivity contribution < 1.29 is 14.6 Å². The number of nitrogens with zero attached hydrogens (tertiary/aromatic N) is 1. The highest BCUT2D eigenvalue weighted by Gasteiger charge is 2.29. The minimum absolute atomic E-state index is 0.109. The van der Waals surface area contributed by atoms with Crippen LogP contribution in [0.25, 0.3) is 6.08 Å². The molecule has 1 aliphatic heterocycles. The van der Waals surface area contributed by atoms with Crippen LogP contribution in [0, 0.1) is 0 Å². The average molecular weight is 440 g/mol. The van der Waals surface area contributed by atoms with Crippen LogP contribution in [-0.4, -0.2) is 28.8 Å². The third kappa shape index (κ3) is 5.27. The Balaban J connectivity index is 2.01. The number of hydrogen-bond acceptors (Lipinski definition) is 4. The Bertz CT molecular complexity index is 960. The highest BCUT2D eigenvalue weighted by atomic mass is 32.2. The third-order valence-electron chi connectivity index (χ3n) is 5.45.